The highest BCUT2D eigenvalue weighted by molar-refractivity contribution is 5.82. The fourth-order valence-electron chi connectivity index (χ4n) is 2.45. The number of aliphatic hydroxyl groups is 1. The van der Waals surface area contributed by atoms with E-state index in [1.54, 1.807) is 38.4 Å². The maximum atomic E-state index is 12.5. The quantitative estimate of drug-likeness (QED) is 0.885. The third-order valence-corrected chi connectivity index (χ3v) is 3.87. The highest BCUT2D eigenvalue weighted by Crippen LogP contribution is 2.22. The Bertz CT molecular complexity index is 701. The average molecular weight is 328 g/mol. The summed E-state index contributed by atoms with van der Waals surface area (Å²) >= 11 is 0. The third kappa shape index (κ3) is 4.26. The van der Waals surface area contributed by atoms with Crippen molar-refractivity contribution in [3.63, 3.8) is 0 Å². The summed E-state index contributed by atoms with van der Waals surface area (Å²) in [4.78, 5) is 16.0. The van der Waals surface area contributed by atoms with Crippen LogP contribution in [0.25, 0.3) is 0 Å². The number of anilines is 1. The maximum Gasteiger partial charge on any atom is 0.256 e. The molecular formula is C19H24N2O3. The smallest absolute Gasteiger partial charge is 0.256 e. The van der Waals surface area contributed by atoms with Crippen LogP contribution < -0.4 is 9.64 Å². The van der Waals surface area contributed by atoms with Crippen LogP contribution in [0, 0.1) is 0 Å². The van der Waals surface area contributed by atoms with Crippen LogP contribution in [0.1, 0.15) is 17.2 Å². The van der Waals surface area contributed by atoms with E-state index in [2.05, 4.69) is 0 Å². The number of nitrogens with zero attached hydrogens (tertiary/aromatic N) is 2. The van der Waals surface area contributed by atoms with E-state index in [1.807, 2.05) is 43.3 Å². The van der Waals surface area contributed by atoms with Crippen LogP contribution in [0.4, 0.5) is 5.69 Å². The number of carbonyl (C=O) groups excluding carboxylic acids is 1. The fourth-order valence-corrected chi connectivity index (χ4v) is 2.45. The van der Waals surface area contributed by atoms with Crippen LogP contribution in [-0.2, 0) is 11.3 Å². The van der Waals surface area contributed by atoms with Gasteiger partial charge < -0.3 is 19.6 Å². The largest absolute Gasteiger partial charge is 0.497 e. The molecule has 0 heterocycles. The first-order valence-electron chi connectivity index (χ1n) is 7.75. The molecule has 0 saturated carbocycles. The van der Waals surface area contributed by atoms with Gasteiger partial charge in [-0.05, 0) is 35.4 Å². The molecular weight excluding hydrogens is 304 g/mol. The summed E-state index contributed by atoms with van der Waals surface area (Å²) in [5.41, 5.74) is 2.60. The zero-order valence-electron chi connectivity index (χ0n) is 14.6. The number of carbonyl (C=O) groups is 1. The van der Waals surface area contributed by atoms with Gasteiger partial charge in [-0.15, -0.1) is 0 Å². The summed E-state index contributed by atoms with van der Waals surface area (Å²) in [5.74, 6) is 0.263. The Labute approximate surface area is 143 Å². The van der Waals surface area contributed by atoms with Gasteiger partial charge in [-0.25, -0.2) is 0 Å². The SMILES string of the molecule is COc1cccc(C(O)C(=O)N(C)Cc2cccc(N(C)C)c2)c1. The van der Waals surface area contributed by atoms with E-state index in [9.17, 15) is 9.90 Å². The van der Waals surface area contributed by atoms with Crippen molar-refractivity contribution in [1.29, 1.82) is 0 Å². The number of ether oxygens (including phenoxy) is 1. The van der Waals surface area contributed by atoms with Gasteiger partial charge in [0.1, 0.15) is 5.75 Å². The Kier molecular flexibility index (Phi) is 5.82. The molecule has 5 nitrogen and oxygen atoms in total. The van der Waals surface area contributed by atoms with Crippen molar-refractivity contribution in [1.82, 2.24) is 4.90 Å². The molecule has 5 heteroatoms. The Balaban J connectivity index is 2.09. The third-order valence-electron chi connectivity index (χ3n) is 3.87. The van der Waals surface area contributed by atoms with Crippen LogP contribution in [0.3, 0.4) is 0 Å². The molecule has 128 valence electrons. The van der Waals surface area contributed by atoms with Gasteiger partial charge in [0.2, 0.25) is 0 Å². The van der Waals surface area contributed by atoms with Gasteiger partial charge in [0, 0.05) is 33.4 Å². The number of hydrogen-bond donors (Lipinski definition) is 1. The molecule has 2 aromatic carbocycles. The second kappa shape index (κ2) is 7.84. The van der Waals surface area contributed by atoms with Gasteiger partial charge in [-0.2, -0.15) is 0 Å². The maximum absolute atomic E-state index is 12.5. The van der Waals surface area contributed by atoms with E-state index < -0.39 is 6.10 Å². The Morgan fingerprint density at radius 1 is 1.12 bits per heavy atom. The molecule has 1 unspecified atom stereocenters. The number of aliphatic hydroxyl groups excluding tert-OH is 1. The van der Waals surface area contributed by atoms with E-state index in [4.69, 9.17) is 4.74 Å². The Morgan fingerprint density at radius 2 is 1.83 bits per heavy atom. The standard InChI is InChI=1S/C19H24N2O3/c1-20(2)16-9-5-7-14(11-16)13-21(3)19(23)18(22)15-8-6-10-17(12-15)24-4/h5-12,18,22H,13H2,1-4H3. The zero-order valence-corrected chi connectivity index (χ0v) is 14.6. The lowest BCUT2D eigenvalue weighted by molar-refractivity contribution is -0.139. The summed E-state index contributed by atoms with van der Waals surface area (Å²) in [5, 5.41) is 10.3. The minimum absolute atomic E-state index is 0.349. The molecule has 0 spiro atoms. The normalized spacial score (nSPS) is 11.7. The van der Waals surface area contributed by atoms with Crippen LogP contribution in [0.5, 0.6) is 5.75 Å². The average Bonchev–Trinajstić information content (AvgIpc) is 2.60. The van der Waals surface area contributed by atoms with Crippen molar-refractivity contribution in [2.45, 2.75) is 12.6 Å². The van der Waals surface area contributed by atoms with Crippen molar-refractivity contribution >= 4 is 11.6 Å². The van der Waals surface area contributed by atoms with Crippen LogP contribution >= 0.6 is 0 Å². The van der Waals surface area contributed by atoms with E-state index in [0.717, 1.165) is 11.3 Å². The number of amides is 1. The number of methoxy groups -OCH3 is 1. The van der Waals surface area contributed by atoms with Crippen molar-refractivity contribution in [3.8, 4) is 5.75 Å². The highest BCUT2D eigenvalue weighted by atomic mass is 16.5. The van der Waals surface area contributed by atoms with Gasteiger partial charge in [0.05, 0.1) is 7.11 Å². The molecule has 1 N–H and O–H groups in total. The van der Waals surface area contributed by atoms with E-state index in [-0.39, 0.29) is 5.91 Å². The Hall–Kier alpha value is -2.53. The second-order valence-electron chi connectivity index (χ2n) is 5.94. The summed E-state index contributed by atoms with van der Waals surface area (Å²) in [6.07, 6.45) is -1.21. The van der Waals surface area contributed by atoms with Crippen LogP contribution in [0.15, 0.2) is 48.5 Å². The number of likely N-dealkylation sites (N-methyl/N-ethyl adjacent to an activating group) is 1. The first kappa shape index (κ1) is 17.8. The summed E-state index contributed by atoms with van der Waals surface area (Å²) in [6.45, 7) is 0.432. The highest BCUT2D eigenvalue weighted by Gasteiger charge is 2.21. The van der Waals surface area contributed by atoms with Gasteiger partial charge in [0.25, 0.3) is 5.91 Å². The van der Waals surface area contributed by atoms with Crippen molar-refractivity contribution in [3.05, 3.63) is 59.7 Å². The van der Waals surface area contributed by atoms with Crippen molar-refractivity contribution < 1.29 is 14.6 Å². The number of hydrogen-bond acceptors (Lipinski definition) is 4. The number of rotatable bonds is 6. The van der Waals surface area contributed by atoms with Crippen LogP contribution in [-0.4, -0.2) is 44.2 Å². The minimum Gasteiger partial charge on any atom is -0.497 e. The molecule has 0 saturated heterocycles. The molecule has 2 rings (SSSR count). The predicted octanol–water partition coefficient (Wildman–Crippen LogP) is 2.45. The van der Waals surface area contributed by atoms with E-state index in [1.165, 1.54) is 4.90 Å². The molecule has 1 amide bonds. The molecule has 0 radical (unpaired) electrons. The molecule has 2 aromatic rings. The number of benzene rings is 2. The fraction of sp³-hybridized carbons (Fsp3) is 0.316. The molecule has 0 aliphatic heterocycles. The first-order valence-corrected chi connectivity index (χ1v) is 7.75. The molecule has 0 aromatic heterocycles. The van der Waals surface area contributed by atoms with Crippen molar-refractivity contribution in [2.24, 2.45) is 0 Å². The molecule has 0 bridgehead atoms. The van der Waals surface area contributed by atoms with E-state index >= 15 is 0 Å². The van der Waals surface area contributed by atoms with E-state index in [0.29, 0.717) is 17.9 Å². The van der Waals surface area contributed by atoms with Gasteiger partial charge in [-0.1, -0.05) is 24.3 Å². The zero-order chi connectivity index (χ0) is 17.7. The monoisotopic (exact) mass is 328 g/mol. The molecule has 1 atom stereocenters. The van der Waals surface area contributed by atoms with Gasteiger partial charge in [-0.3, -0.25) is 4.79 Å². The molecule has 0 fully saturated rings. The second-order valence-corrected chi connectivity index (χ2v) is 5.94. The topological polar surface area (TPSA) is 53.0 Å². The van der Waals surface area contributed by atoms with Gasteiger partial charge in [0.15, 0.2) is 6.10 Å². The minimum atomic E-state index is -1.21. The lowest BCUT2D eigenvalue weighted by Crippen LogP contribution is -2.31. The summed E-state index contributed by atoms with van der Waals surface area (Å²) in [6, 6.07) is 14.9. The lowest BCUT2D eigenvalue weighted by Gasteiger charge is -2.22. The van der Waals surface area contributed by atoms with Gasteiger partial charge >= 0.3 is 0 Å². The molecule has 24 heavy (non-hydrogen) atoms. The summed E-state index contributed by atoms with van der Waals surface area (Å²) < 4.78 is 5.14. The lowest BCUT2D eigenvalue weighted by atomic mass is 10.1. The molecule has 0 aliphatic carbocycles. The Morgan fingerprint density at radius 3 is 2.50 bits per heavy atom. The summed E-state index contributed by atoms with van der Waals surface area (Å²) in [7, 11) is 7.19. The molecule has 0 aliphatic rings. The predicted molar refractivity (Wildman–Crippen MR) is 95.2 cm³/mol. The first-order chi connectivity index (χ1) is 11.4. The van der Waals surface area contributed by atoms with Crippen LogP contribution in [0.2, 0.25) is 0 Å². The van der Waals surface area contributed by atoms with Crippen molar-refractivity contribution in [2.75, 3.05) is 33.2 Å².